The number of benzene rings is 5. The predicted molar refractivity (Wildman–Crippen MR) is 216 cm³/mol. The van der Waals surface area contributed by atoms with Crippen molar-refractivity contribution in [3.05, 3.63) is 150 Å². The lowest BCUT2D eigenvalue weighted by molar-refractivity contribution is -0.150. The second-order valence-corrected chi connectivity index (χ2v) is 19.3. The van der Waals surface area contributed by atoms with Crippen LogP contribution in [0.15, 0.2) is 127 Å². The molecule has 5 aromatic rings. The molecule has 4 atom stereocenters. The van der Waals surface area contributed by atoms with Crippen molar-refractivity contribution in [1.82, 2.24) is 4.90 Å². The molecule has 10 nitrogen and oxygen atoms in total. The normalized spacial score (nSPS) is 21.3. The van der Waals surface area contributed by atoms with Crippen molar-refractivity contribution >= 4 is 43.1 Å². The summed E-state index contributed by atoms with van der Waals surface area (Å²) in [5, 5.41) is 9.95. The maximum absolute atomic E-state index is 15.3. The fourth-order valence-corrected chi connectivity index (χ4v) is 11.5. The minimum Gasteiger partial charge on any atom is -0.454 e. The van der Waals surface area contributed by atoms with Gasteiger partial charge in [0, 0.05) is 35.8 Å². The molecule has 1 saturated heterocycles. The van der Waals surface area contributed by atoms with Gasteiger partial charge < -0.3 is 29.2 Å². The number of carbonyl (C=O) groups is 3. The minimum atomic E-state index is -3.13. The number of amides is 3. The fourth-order valence-electron chi connectivity index (χ4n) is 8.91. The highest BCUT2D eigenvalue weighted by molar-refractivity contribution is 6.71. The Morgan fingerprint density at radius 1 is 0.821 bits per heavy atom. The summed E-state index contributed by atoms with van der Waals surface area (Å²) in [4.78, 5) is 60.8. The zero-order chi connectivity index (χ0) is 39.2. The summed E-state index contributed by atoms with van der Waals surface area (Å²) in [6.07, 6.45) is -0.896. The Morgan fingerprint density at radius 2 is 1.46 bits per heavy atom. The number of anilines is 3. The molecule has 0 saturated carbocycles. The SMILES string of the molecule is C[C@@H]1[C@@H]([Si](C)(C)O)[C@H](CC(=O)N(CCO)Cc2ccccc2)O[C@@]12C(=O)N(Cc1ccccc1)c1ccc(N3C(=O)c4ccccc4Oc4ccccc43)cc12. The van der Waals surface area contributed by atoms with Gasteiger partial charge >= 0.3 is 0 Å². The van der Waals surface area contributed by atoms with E-state index in [0.29, 0.717) is 46.2 Å². The number of para-hydroxylation sites is 3. The van der Waals surface area contributed by atoms with Gasteiger partial charge in [0.25, 0.3) is 11.8 Å². The lowest BCUT2D eigenvalue weighted by Gasteiger charge is -2.33. The third kappa shape index (κ3) is 6.50. The van der Waals surface area contributed by atoms with Gasteiger partial charge in [-0.05, 0) is 66.7 Å². The van der Waals surface area contributed by atoms with Crippen molar-refractivity contribution in [3.63, 3.8) is 0 Å². The summed E-state index contributed by atoms with van der Waals surface area (Å²) in [6.45, 7) is 6.06. The number of hydrogen-bond acceptors (Lipinski definition) is 7. The molecule has 286 valence electrons. The molecule has 0 radical (unpaired) electrons. The van der Waals surface area contributed by atoms with Gasteiger partial charge in [-0.1, -0.05) is 91.9 Å². The van der Waals surface area contributed by atoms with E-state index in [4.69, 9.17) is 9.47 Å². The number of aliphatic hydroxyl groups is 1. The number of hydrogen-bond donors (Lipinski definition) is 2. The number of rotatable bonds is 10. The summed E-state index contributed by atoms with van der Waals surface area (Å²) >= 11 is 0. The molecule has 2 N–H and O–H groups in total. The van der Waals surface area contributed by atoms with Crippen LogP contribution >= 0.6 is 0 Å². The van der Waals surface area contributed by atoms with Gasteiger partial charge in [0.1, 0.15) is 5.75 Å². The van der Waals surface area contributed by atoms with E-state index in [1.807, 2.05) is 129 Å². The number of fused-ring (bicyclic) bond motifs is 4. The maximum atomic E-state index is 15.3. The zero-order valence-corrected chi connectivity index (χ0v) is 32.7. The van der Waals surface area contributed by atoms with E-state index in [0.717, 1.165) is 11.1 Å². The highest BCUT2D eigenvalue weighted by Crippen LogP contribution is 2.60. The first-order valence-corrected chi connectivity index (χ1v) is 22.1. The summed E-state index contributed by atoms with van der Waals surface area (Å²) in [7, 11) is -3.13. The molecule has 11 heteroatoms. The average Bonchev–Trinajstić information content (AvgIpc) is 3.56. The van der Waals surface area contributed by atoms with E-state index in [9.17, 15) is 19.5 Å². The van der Waals surface area contributed by atoms with Crippen LogP contribution in [0.3, 0.4) is 0 Å². The lowest BCUT2D eigenvalue weighted by atomic mass is 9.82. The number of nitrogens with zero attached hydrogens (tertiary/aromatic N) is 3. The summed E-state index contributed by atoms with van der Waals surface area (Å²) in [5.74, 6) is -0.430. The van der Waals surface area contributed by atoms with Gasteiger partial charge in [0.15, 0.2) is 19.7 Å². The Hall–Kier alpha value is -5.59. The first-order chi connectivity index (χ1) is 27.0. The van der Waals surface area contributed by atoms with Crippen LogP contribution in [0.5, 0.6) is 11.5 Å². The smallest absolute Gasteiger partial charge is 0.266 e. The molecule has 3 aliphatic heterocycles. The van der Waals surface area contributed by atoms with Crippen molar-refractivity contribution in [2.24, 2.45) is 5.92 Å². The Labute approximate surface area is 327 Å². The van der Waals surface area contributed by atoms with Crippen molar-refractivity contribution in [3.8, 4) is 11.5 Å². The molecule has 56 heavy (non-hydrogen) atoms. The molecule has 0 aromatic heterocycles. The van der Waals surface area contributed by atoms with Crippen molar-refractivity contribution < 1.29 is 33.8 Å². The molecule has 8 rings (SSSR count). The van der Waals surface area contributed by atoms with E-state index in [1.165, 1.54) is 0 Å². The van der Waals surface area contributed by atoms with Gasteiger partial charge in [-0.25, -0.2) is 0 Å². The molecule has 0 unspecified atom stereocenters. The van der Waals surface area contributed by atoms with Crippen LogP contribution in [0.4, 0.5) is 17.1 Å². The standard InChI is InChI=1S/C45H45N3O7Si/c1-30-42(56(2,3)53)40(27-41(50)46(24-25-49)28-31-14-6-4-7-15-31)55-45(30)35-26-33(22-23-36(35)47(44(45)52)29-32-16-8-5-9-17-32)48-37-19-11-13-21-39(37)54-38-20-12-10-18-34(38)43(48)51/h4-23,26,30,40,42,49,53H,24-25,27-29H2,1-3H3/t30-,40+,42-,45+/m1/s1. The minimum absolute atomic E-state index is 0.0896. The largest absolute Gasteiger partial charge is 0.454 e. The second-order valence-electron chi connectivity index (χ2n) is 15.4. The van der Waals surface area contributed by atoms with Crippen molar-refractivity contribution in [2.75, 3.05) is 23.0 Å². The van der Waals surface area contributed by atoms with Crippen LogP contribution in [0, 0.1) is 5.92 Å². The predicted octanol–water partition coefficient (Wildman–Crippen LogP) is 7.53. The van der Waals surface area contributed by atoms with Gasteiger partial charge in [0.2, 0.25) is 5.91 Å². The quantitative estimate of drug-likeness (QED) is 0.141. The van der Waals surface area contributed by atoms with E-state index in [2.05, 4.69) is 0 Å². The Kier molecular flexibility index (Phi) is 9.88. The van der Waals surface area contributed by atoms with Crippen molar-refractivity contribution in [2.45, 2.75) is 56.8 Å². The molecule has 1 spiro atoms. The van der Waals surface area contributed by atoms with Crippen LogP contribution in [0.1, 0.15) is 40.4 Å². The van der Waals surface area contributed by atoms with Gasteiger partial charge in [-0.2, -0.15) is 0 Å². The summed E-state index contributed by atoms with van der Waals surface area (Å²) in [6, 6.07) is 39.3. The number of ether oxygens (including phenoxy) is 2. The summed E-state index contributed by atoms with van der Waals surface area (Å²) < 4.78 is 13.4. The zero-order valence-electron chi connectivity index (χ0n) is 31.7. The van der Waals surface area contributed by atoms with E-state index >= 15 is 4.79 Å². The van der Waals surface area contributed by atoms with E-state index in [-0.39, 0.29) is 43.8 Å². The number of aliphatic hydroxyl groups excluding tert-OH is 1. The fraction of sp³-hybridized carbons (Fsp3) is 0.267. The Bertz CT molecular complexity index is 2280. The maximum Gasteiger partial charge on any atom is 0.266 e. The topological polar surface area (TPSA) is 120 Å². The van der Waals surface area contributed by atoms with Gasteiger partial charge in [-0.15, -0.1) is 0 Å². The first-order valence-electron chi connectivity index (χ1n) is 19.0. The van der Waals surface area contributed by atoms with E-state index in [1.54, 1.807) is 32.9 Å². The molecule has 0 bridgehead atoms. The molecule has 0 aliphatic carbocycles. The molecule has 3 heterocycles. The molecular formula is C45H45N3O7Si. The Morgan fingerprint density at radius 3 is 2.16 bits per heavy atom. The van der Waals surface area contributed by atoms with Gasteiger partial charge in [-0.3, -0.25) is 19.3 Å². The third-order valence-electron chi connectivity index (χ3n) is 11.4. The Balaban J connectivity index is 1.24. The second kappa shape index (κ2) is 14.8. The molecular weight excluding hydrogens is 723 g/mol. The van der Waals surface area contributed by atoms with Crippen LogP contribution in [0.25, 0.3) is 0 Å². The van der Waals surface area contributed by atoms with Crippen LogP contribution in [-0.2, 0) is 33.0 Å². The lowest BCUT2D eigenvalue weighted by Crippen LogP contribution is -2.46. The average molecular weight is 768 g/mol. The van der Waals surface area contributed by atoms with Crippen molar-refractivity contribution in [1.29, 1.82) is 0 Å². The molecule has 1 fully saturated rings. The number of carbonyl (C=O) groups excluding carboxylic acids is 3. The van der Waals surface area contributed by atoms with Crippen LogP contribution in [0.2, 0.25) is 18.6 Å². The van der Waals surface area contributed by atoms with Crippen LogP contribution < -0.4 is 14.5 Å². The monoisotopic (exact) mass is 767 g/mol. The van der Waals surface area contributed by atoms with Gasteiger partial charge in [0.05, 0.1) is 42.6 Å². The third-order valence-corrected chi connectivity index (χ3v) is 13.9. The highest BCUT2D eigenvalue weighted by atomic mass is 28.4. The van der Waals surface area contributed by atoms with E-state index < -0.39 is 31.5 Å². The van der Waals surface area contributed by atoms with Crippen LogP contribution in [-0.4, -0.2) is 60.1 Å². The molecule has 5 aromatic carbocycles. The molecule has 3 amide bonds. The molecule has 3 aliphatic rings. The highest BCUT2D eigenvalue weighted by Gasteiger charge is 2.66. The summed E-state index contributed by atoms with van der Waals surface area (Å²) in [5.41, 5.74) is 2.40. The first kappa shape index (κ1) is 37.3.